The van der Waals surface area contributed by atoms with Gasteiger partial charge in [-0.1, -0.05) is 13.3 Å². The van der Waals surface area contributed by atoms with E-state index in [9.17, 15) is 9.59 Å². The van der Waals surface area contributed by atoms with Crippen LogP contribution in [0.1, 0.15) is 97.8 Å². The first-order chi connectivity index (χ1) is 15.8. The van der Waals surface area contributed by atoms with Gasteiger partial charge in [-0.2, -0.15) is 0 Å². The molecule has 0 aromatic heterocycles. The number of fused-ring (bicyclic) bond motifs is 5. The Morgan fingerprint density at radius 2 is 1.61 bits per heavy atom. The highest BCUT2D eigenvalue weighted by molar-refractivity contribution is 5.66. The van der Waals surface area contributed by atoms with Gasteiger partial charge in [0.05, 0.1) is 0 Å². The number of carbonyl (C=O) groups excluding carboxylic acids is 2. The van der Waals surface area contributed by atoms with E-state index >= 15 is 0 Å². The maximum absolute atomic E-state index is 12.1. The monoisotopic (exact) mass is 459 g/mol. The van der Waals surface area contributed by atoms with E-state index in [1.165, 1.54) is 70.9 Å². The first-order valence-corrected chi connectivity index (χ1v) is 13.9. The molecular formula is C28H45NO4. The molecular weight excluding hydrogens is 414 g/mol. The van der Waals surface area contributed by atoms with Gasteiger partial charge in [0.25, 0.3) is 0 Å². The molecule has 5 heteroatoms. The number of rotatable bonds is 4. The van der Waals surface area contributed by atoms with Crippen LogP contribution in [0.4, 0.5) is 0 Å². The lowest BCUT2D eigenvalue weighted by molar-refractivity contribution is -0.173. The molecule has 8 atom stereocenters. The summed E-state index contributed by atoms with van der Waals surface area (Å²) in [6.45, 7) is 9.27. The summed E-state index contributed by atoms with van der Waals surface area (Å²) in [5, 5.41) is 0. The van der Waals surface area contributed by atoms with E-state index in [0.29, 0.717) is 17.3 Å². The fraction of sp³-hybridized carbons (Fsp3) is 0.929. The molecule has 0 aromatic rings. The zero-order valence-corrected chi connectivity index (χ0v) is 21.2. The number of esters is 2. The molecule has 0 bridgehead atoms. The summed E-state index contributed by atoms with van der Waals surface area (Å²) in [5.41, 5.74) is 0.526. The standard InChI is InChI=1S/C28H45NO4/c1-19(30)32-22-11-13-27(3)21(17-22)7-8-23-24(27)12-14-28(18-29-15-5-4-6-16-29)25(23)9-10-26(28)33-20(2)31/h21-26H,4-18H2,1-3H3/t21-,22+,23+,24-,25-,26-,27-,28+/m0/s1. The zero-order valence-electron chi connectivity index (χ0n) is 21.2. The highest BCUT2D eigenvalue weighted by Crippen LogP contribution is 2.67. The summed E-state index contributed by atoms with van der Waals surface area (Å²) in [4.78, 5) is 26.3. The maximum atomic E-state index is 12.1. The van der Waals surface area contributed by atoms with Crippen LogP contribution in [0.5, 0.6) is 0 Å². The minimum absolute atomic E-state index is 0.0970. The molecule has 186 valence electrons. The van der Waals surface area contributed by atoms with Gasteiger partial charge in [-0.25, -0.2) is 0 Å². The van der Waals surface area contributed by atoms with Crippen molar-refractivity contribution in [3.8, 4) is 0 Å². The molecule has 4 saturated carbocycles. The molecule has 5 aliphatic rings. The minimum Gasteiger partial charge on any atom is -0.463 e. The third-order valence-electron chi connectivity index (χ3n) is 10.9. The first kappa shape index (κ1) is 23.6. The van der Waals surface area contributed by atoms with Gasteiger partial charge in [0.15, 0.2) is 0 Å². The molecule has 0 amide bonds. The number of hydrogen-bond acceptors (Lipinski definition) is 5. The van der Waals surface area contributed by atoms with Crippen LogP contribution in [0.25, 0.3) is 0 Å². The van der Waals surface area contributed by atoms with E-state index in [0.717, 1.165) is 37.6 Å². The number of likely N-dealkylation sites (tertiary alicyclic amines) is 1. The fourth-order valence-electron chi connectivity index (χ4n) is 9.53. The van der Waals surface area contributed by atoms with Crippen LogP contribution in [0, 0.1) is 34.5 Å². The number of carbonyl (C=O) groups is 2. The van der Waals surface area contributed by atoms with E-state index in [2.05, 4.69) is 11.8 Å². The molecule has 1 saturated heterocycles. The van der Waals surface area contributed by atoms with Crippen molar-refractivity contribution in [1.82, 2.24) is 4.90 Å². The van der Waals surface area contributed by atoms with Crippen molar-refractivity contribution in [3.63, 3.8) is 0 Å². The molecule has 1 aliphatic heterocycles. The highest BCUT2D eigenvalue weighted by atomic mass is 16.5. The van der Waals surface area contributed by atoms with Crippen LogP contribution >= 0.6 is 0 Å². The van der Waals surface area contributed by atoms with E-state index in [4.69, 9.17) is 9.47 Å². The Morgan fingerprint density at radius 1 is 0.848 bits per heavy atom. The van der Waals surface area contributed by atoms with Gasteiger partial charge in [0.1, 0.15) is 12.2 Å². The lowest BCUT2D eigenvalue weighted by atomic mass is 9.45. The average Bonchev–Trinajstić information content (AvgIpc) is 3.12. The van der Waals surface area contributed by atoms with Crippen LogP contribution in [-0.2, 0) is 19.1 Å². The van der Waals surface area contributed by atoms with Crippen LogP contribution in [-0.4, -0.2) is 48.7 Å². The van der Waals surface area contributed by atoms with E-state index < -0.39 is 0 Å². The minimum atomic E-state index is -0.125. The summed E-state index contributed by atoms with van der Waals surface area (Å²) < 4.78 is 11.7. The largest absolute Gasteiger partial charge is 0.463 e. The number of ether oxygens (including phenoxy) is 2. The molecule has 33 heavy (non-hydrogen) atoms. The van der Waals surface area contributed by atoms with Crippen LogP contribution in [0.15, 0.2) is 0 Å². The Hall–Kier alpha value is -1.10. The summed E-state index contributed by atoms with van der Waals surface area (Å²) in [7, 11) is 0. The smallest absolute Gasteiger partial charge is 0.302 e. The van der Waals surface area contributed by atoms with E-state index in [-0.39, 0.29) is 29.6 Å². The van der Waals surface area contributed by atoms with E-state index in [1.807, 2.05) is 0 Å². The Balaban J connectivity index is 1.37. The zero-order chi connectivity index (χ0) is 23.2. The molecule has 0 radical (unpaired) electrons. The Bertz CT molecular complexity index is 748. The summed E-state index contributed by atoms with van der Waals surface area (Å²) in [6, 6.07) is 0. The summed E-state index contributed by atoms with van der Waals surface area (Å²) in [6.07, 6.45) is 14.8. The number of hydrogen-bond donors (Lipinski definition) is 0. The van der Waals surface area contributed by atoms with Crippen molar-refractivity contribution in [1.29, 1.82) is 0 Å². The molecule has 0 unspecified atom stereocenters. The van der Waals surface area contributed by atoms with Crippen molar-refractivity contribution in [2.75, 3.05) is 19.6 Å². The lowest BCUT2D eigenvalue weighted by Crippen LogP contribution is -2.58. The van der Waals surface area contributed by atoms with Gasteiger partial charge in [-0.3, -0.25) is 9.59 Å². The normalized spacial score (nSPS) is 45.4. The summed E-state index contributed by atoms with van der Waals surface area (Å²) >= 11 is 0. The van der Waals surface area contributed by atoms with Gasteiger partial charge in [-0.15, -0.1) is 0 Å². The number of piperidine rings is 1. The predicted molar refractivity (Wildman–Crippen MR) is 127 cm³/mol. The van der Waals surface area contributed by atoms with Crippen molar-refractivity contribution in [2.45, 2.75) is 110 Å². The van der Waals surface area contributed by atoms with Gasteiger partial charge in [0, 0.05) is 25.8 Å². The predicted octanol–water partition coefficient (Wildman–Crippen LogP) is 5.36. The molecule has 0 N–H and O–H groups in total. The van der Waals surface area contributed by atoms with Gasteiger partial charge in [0.2, 0.25) is 0 Å². The average molecular weight is 460 g/mol. The number of nitrogens with zero attached hydrogens (tertiary/aromatic N) is 1. The second kappa shape index (κ2) is 9.17. The quantitative estimate of drug-likeness (QED) is 0.530. The molecule has 5 fully saturated rings. The Labute approximate surface area is 200 Å². The van der Waals surface area contributed by atoms with Crippen molar-refractivity contribution in [3.05, 3.63) is 0 Å². The molecule has 0 aromatic carbocycles. The molecule has 0 spiro atoms. The Morgan fingerprint density at radius 3 is 2.33 bits per heavy atom. The van der Waals surface area contributed by atoms with Crippen LogP contribution in [0.3, 0.4) is 0 Å². The third-order valence-corrected chi connectivity index (χ3v) is 10.9. The van der Waals surface area contributed by atoms with Crippen LogP contribution in [0.2, 0.25) is 0 Å². The second-order valence-corrected chi connectivity index (χ2v) is 12.4. The summed E-state index contributed by atoms with van der Waals surface area (Å²) in [5.74, 6) is 2.67. The second-order valence-electron chi connectivity index (χ2n) is 12.4. The molecule has 5 rings (SSSR count). The Kier molecular flexibility index (Phi) is 6.56. The topological polar surface area (TPSA) is 55.8 Å². The van der Waals surface area contributed by atoms with Crippen molar-refractivity contribution >= 4 is 11.9 Å². The fourth-order valence-corrected chi connectivity index (χ4v) is 9.53. The van der Waals surface area contributed by atoms with Gasteiger partial charge >= 0.3 is 11.9 Å². The maximum Gasteiger partial charge on any atom is 0.302 e. The third kappa shape index (κ3) is 4.25. The van der Waals surface area contributed by atoms with E-state index in [1.54, 1.807) is 13.8 Å². The highest BCUT2D eigenvalue weighted by Gasteiger charge is 2.63. The lowest BCUT2D eigenvalue weighted by Gasteiger charge is -2.61. The SMILES string of the molecule is CC(=O)O[C@@H]1CC[C@@]2(C)[C@@H](CC[C@@H]3[C@@H]2CC[C@]2(CN4CCCCC4)[C@@H](OC(C)=O)CC[C@@H]32)C1. The van der Waals surface area contributed by atoms with Crippen LogP contribution < -0.4 is 0 Å². The van der Waals surface area contributed by atoms with Crippen molar-refractivity contribution in [2.24, 2.45) is 34.5 Å². The van der Waals surface area contributed by atoms with Crippen molar-refractivity contribution < 1.29 is 19.1 Å². The molecule has 5 nitrogen and oxygen atoms in total. The molecule has 4 aliphatic carbocycles. The van der Waals surface area contributed by atoms with Gasteiger partial charge < -0.3 is 14.4 Å². The first-order valence-electron chi connectivity index (χ1n) is 13.9. The molecule has 1 heterocycles. The van der Waals surface area contributed by atoms with Gasteiger partial charge in [-0.05, 0) is 113 Å².